The van der Waals surface area contributed by atoms with Gasteiger partial charge in [0.2, 0.25) is 0 Å². The Labute approximate surface area is 201 Å². The highest BCUT2D eigenvalue weighted by Gasteiger charge is 2.12. The van der Waals surface area contributed by atoms with Crippen molar-refractivity contribution in [3.63, 3.8) is 0 Å². The summed E-state index contributed by atoms with van der Waals surface area (Å²) < 4.78 is 2.66. The number of nitrogens with one attached hydrogen (secondary N) is 1. The van der Waals surface area contributed by atoms with Gasteiger partial charge in [-0.3, -0.25) is 0 Å². The van der Waals surface area contributed by atoms with Crippen LogP contribution in [0.1, 0.15) is 0 Å². The molecular formula is C32H21NS. The number of hydrogen-bond acceptors (Lipinski definition) is 1. The molecule has 0 saturated carbocycles. The number of rotatable bonds is 3. The molecule has 1 nitrogen and oxygen atoms in total. The first kappa shape index (κ1) is 19.3. The predicted octanol–water partition coefficient (Wildman–Crippen LogP) is 9.54. The molecule has 0 saturated heterocycles. The fourth-order valence-electron chi connectivity index (χ4n) is 4.98. The molecule has 5 aromatic carbocycles. The van der Waals surface area contributed by atoms with E-state index in [1.165, 1.54) is 64.5 Å². The minimum Gasteiger partial charge on any atom is -0.361 e. The van der Waals surface area contributed by atoms with Crippen molar-refractivity contribution in [3.05, 3.63) is 121 Å². The van der Waals surface area contributed by atoms with E-state index in [9.17, 15) is 0 Å². The van der Waals surface area contributed by atoms with Gasteiger partial charge in [0.15, 0.2) is 0 Å². The highest BCUT2D eigenvalue weighted by atomic mass is 32.1. The van der Waals surface area contributed by atoms with Crippen LogP contribution in [0, 0.1) is 0 Å². The third-order valence-corrected chi connectivity index (χ3v) is 7.78. The van der Waals surface area contributed by atoms with E-state index in [1.807, 2.05) is 17.5 Å². The number of fused-ring (bicyclic) bond motifs is 5. The largest absolute Gasteiger partial charge is 0.361 e. The Morgan fingerprint density at radius 1 is 0.441 bits per heavy atom. The van der Waals surface area contributed by atoms with Gasteiger partial charge in [0.1, 0.15) is 0 Å². The molecule has 2 aromatic heterocycles. The first-order chi connectivity index (χ1) is 16.8. The standard InChI is InChI=1S/C32H21NS/c1-3-7-21(8-4-1)24-17-25(22-9-5-2-6-10-22)19-26(18-24)23-11-13-30-28(20-23)32-27-15-16-33-29(27)12-14-31(32)34-30/h1-20,33H. The van der Waals surface area contributed by atoms with Crippen molar-refractivity contribution in [2.24, 2.45) is 0 Å². The lowest BCUT2D eigenvalue weighted by atomic mass is 9.93. The lowest BCUT2D eigenvalue weighted by Crippen LogP contribution is -1.86. The molecule has 0 radical (unpaired) electrons. The van der Waals surface area contributed by atoms with E-state index in [1.54, 1.807) is 0 Å². The number of hydrogen-bond donors (Lipinski definition) is 1. The van der Waals surface area contributed by atoms with E-state index in [4.69, 9.17) is 0 Å². The molecule has 0 aliphatic heterocycles. The molecule has 0 unspecified atom stereocenters. The Morgan fingerprint density at radius 3 is 1.74 bits per heavy atom. The third kappa shape index (κ3) is 3.15. The van der Waals surface area contributed by atoms with Gasteiger partial charge >= 0.3 is 0 Å². The van der Waals surface area contributed by atoms with Gasteiger partial charge in [-0.2, -0.15) is 0 Å². The highest BCUT2D eigenvalue weighted by molar-refractivity contribution is 7.26. The Morgan fingerprint density at radius 2 is 1.06 bits per heavy atom. The number of aromatic amines is 1. The molecule has 34 heavy (non-hydrogen) atoms. The molecular weight excluding hydrogens is 430 g/mol. The quantitative estimate of drug-likeness (QED) is 0.275. The Bertz CT molecular complexity index is 1730. The Balaban J connectivity index is 1.48. The van der Waals surface area contributed by atoms with Crippen LogP contribution in [0.4, 0.5) is 0 Å². The van der Waals surface area contributed by atoms with Gasteiger partial charge in [0, 0.05) is 37.3 Å². The molecule has 0 atom stereocenters. The first-order valence-electron chi connectivity index (χ1n) is 11.5. The molecule has 0 aliphatic rings. The lowest BCUT2D eigenvalue weighted by Gasteiger charge is -2.11. The topological polar surface area (TPSA) is 15.8 Å². The van der Waals surface area contributed by atoms with Crippen LogP contribution < -0.4 is 0 Å². The van der Waals surface area contributed by atoms with Crippen LogP contribution in [0.2, 0.25) is 0 Å². The van der Waals surface area contributed by atoms with Crippen LogP contribution in [0.15, 0.2) is 121 Å². The summed E-state index contributed by atoms with van der Waals surface area (Å²) in [7, 11) is 0. The molecule has 2 heteroatoms. The molecule has 0 aliphatic carbocycles. The zero-order valence-electron chi connectivity index (χ0n) is 18.5. The molecule has 0 bridgehead atoms. The SMILES string of the molecule is c1ccc(-c2cc(-c3ccccc3)cc(-c3ccc4sc5ccc6[nH]ccc6c5c4c3)c2)cc1. The van der Waals surface area contributed by atoms with Crippen LogP contribution >= 0.6 is 11.3 Å². The summed E-state index contributed by atoms with van der Waals surface area (Å²) in [5.41, 5.74) is 8.61. The van der Waals surface area contributed by atoms with Crippen molar-refractivity contribution in [1.29, 1.82) is 0 Å². The monoisotopic (exact) mass is 451 g/mol. The van der Waals surface area contributed by atoms with Crippen LogP contribution in [0.25, 0.3) is 64.5 Å². The normalized spacial score (nSPS) is 11.5. The van der Waals surface area contributed by atoms with Crippen molar-refractivity contribution >= 4 is 42.4 Å². The van der Waals surface area contributed by atoms with Gasteiger partial charge < -0.3 is 4.98 Å². The average molecular weight is 452 g/mol. The third-order valence-electron chi connectivity index (χ3n) is 6.65. The van der Waals surface area contributed by atoms with E-state index in [0.29, 0.717) is 0 Å². The number of H-pyrrole nitrogens is 1. The maximum Gasteiger partial charge on any atom is 0.0461 e. The van der Waals surface area contributed by atoms with Crippen LogP contribution in [-0.2, 0) is 0 Å². The van der Waals surface area contributed by atoms with Crippen molar-refractivity contribution in [3.8, 4) is 33.4 Å². The second kappa shape index (κ2) is 7.72. The van der Waals surface area contributed by atoms with Crippen molar-refractivity contribution in [2.45, 2.75) is 0 Å². The summed E-state index contributed by atoms with van der Waals surface area (Å²) >= 11 is 1.87. The van der Waals surface area contributed by atoms with Gasteiger partial charge in [-0.25, -0.2) is 0 Å². The summed E-state index contributed by atoms with van der Waals surface area (Å²) in [4.78, 5) is 3.37. The summed E-state index contributed by atoms with van der Waals surface area (Å²) in [5, 5.41) is 3.97. The Hall–Kier alpha value is -4.14. The minimum absolute atomic E-state index is 1.19. The molecule has 1 N–H and O–H groups in total. The van der Waals surface area contributed by atoms with E-state index < -0.39 is 0 Å². The summed E-state index contributed by atoms with van der Waals surface area (Å²) in [5.74, 6) is 0. The minimum atomic E-state index is 1.19. The predicted molar refractivity (Wildman–Crippen MR) is 147 cm³/mol. The van der Waals surface area contributed by atoms with Gasteiger partial charge in [-0.15, -0.1) is 11.3 Å². The number of benzene rings is 5. The molecule has 7 rings (SSSR count). The smallest absolute Gasteiger partial charge is 0.0461 e. The molecule has 0 fully saturated rings. The maximum atomic E-state index is 3.37. The summed E-state index contributed by atoms with van der Waals surface area (Å²) in [6.45, 7) is 0. The first-order valence-corrected chi connectivity index (χ1v) is 12.3. The fourth-order valence-corrected chi connectivity index (χ4v) is 6.08. The second-order valence-electron chi connectivity index (χ2n) is 8.72. The zero-order chi connectivity index (χ0) is 22.5. The highest BCUT2D eigenvalue weighted by Crippen LogP contribution is 2.41. The van der Waals surface area contributed by atoms with E-state index in [-0.39, 0.29) is 0 Å². The molecule has 7 aromatic rings. The second-order valence-corrected chi connectivity index (χ2v) is 9.81. The van der Waals surface area contributed by atoms with Crippen LogP contribution in [0.5, 0.6) is 0 Å². The van der Waals surface area contributed by atoms with E-state index >= 15 is 0 Å². The number of thiophene rings is 1. The van der Waals surface area contributed by atoms with E-state index in [0.717, 1.165) is 0 Å². The Kier molecular flexibility index (Phi) is 4.39. The number of aromatic nitrogens is 1. The summed E-state index contributed by atoms with van der Waals surface area (Å²) in [6, 6.07) is 41.8. The van der Waals surface area contributed by atoms with Gasteiger partial charge in [-0.1, -0.05) is 66.7 Å². The van der Waals surface area contributed by atoms with Gasteiger partial charge in [0.05, 0.1) is 0 Å². The lowest BCUT2D eigenvalue weighted by molar-refractivity contribution is 1.48. The molecule has 160 valence electrons. The summed E-state index contributed by atoms with van der Waals surface area (Å²) in [6.07, 6.45) is 2.03. The van der Waals surface area contributed by atoms with Crippen LogP contribution in [-0.4, -0.2) is 4.98 Å². The molecule has 0 spiro atoms. The molecule has 2 heterocycles. The average Bonchev–Trinajstić information content (AvgIpc) is 3.53. The van der Waals surface area contributed by atoms with Gasteiger partial charge in [0.25, 0.3) is 0 Å². The maximum absolute atomic E-state index is 3.37. The van der Waals surface area contributed by atoms with Crippen molar-refractivity contribution in [2.75, 3.05) is 0 Å². The van der Waals surface area contributed by atoms with Crippen molar-refractivity contribution in [1.82, 2.24) is 4.98 Å². The molecule has 0 amide bonds. The zero-order valence-corrected chi connectivity index (χ0v) is 19.3. The van der Waals surface area contributed by atoms with Crippen molar-refractivity contribution < 1.29 is 0 Å². The van der Waals surface area contributed by atoms with E-state index in [2.05, 4.69) is 120 Å². The van der Waals surface area contributed by atoms with Crippen LogP contribution in [0.3, 0.4) is 0 Å². The fraction of sp³-hybridized carbons (Fsp3) is 0. The van der Waals surface area contributed by atoms with Gasteiger partial charge in [-0.05, 0) is 81.9 Å².